The van der Waals surface area contributed by atoms with Gasteiger partial charge in [-0.1, -0.05) is 0 Å². The maximum atomic E-state index is 12.3. The predicted molar refractivity (Wildman–Crippen MR) is 80.3 cm³/mol. The van der Waals surface area contributed by atoms with E-state index in [9.17, 15) is 9.59 Å². The maximum absolute atomic E-state index is 12.3. The summed E-state index contributed by atoms with van der Waals surface area (Å²) in [6, 6.07) is 3.53. The zero-order valence-electron chi connectivity index (χ0n) is 12.5. The third-order valence-electron chi connectivity index (χ3n) is 4.08. The molecule has 7 heteroatoms. The Morgan fingerprint density at radius 3 is 3.14 bits per heavy atom. The van der Waals surface area contributed by atoms with Crippen LogP contribution in [0.25, 0.3) is 5.65 Å². The molecule has 116 valence electrons. The lowest BCUT2D eigenvalue weighted by molar-refractivity contribution is -0.130. The fourth-order valence-corrected chi connectivity index (χ4v) is 2.88. The second kappa shape index (κ2) is 6.13. The monoisotopic (exact) mass is 301 g/mol. The number of piperidine rings is 1. The summed E-state index contributed by atoms with van der Waals surface area (Å²) in [5, 5.41) is 10.7. The molecule has 1 saturated heterocycles. The highest BCUT2D eigenvalue weighted by atomic mass is 16.2. The number of hydrogen-bond donors (Lipinski definition) is 1. The largest absolute Gasteiger partial charge is 0.352 e. The zero-order valence-corrected chi connectivity index (χ0v) is 12.5. The van der Waals surface area contributed by atoms with E-state index in [2.05, 4.69) is 15.5 Å². The van der Waals surface area contributed by atoms with Crippen molar-refractivity contribution in [3.05, 3.63) is 30.2 Å². The molecule has 0 spiro atoms. The quantitative estimate of drug-likeness (QED) is 0.906. The summed E-state index contributed by atoms with van der Waals surface area (Å²) in [7, 11) is 0. The second-order valence-electron chi connectivity index (χ2n) is 5.67. The predicted octanol–water partition coefficient (Wildman–Crippen LogP) is 0.718. The summed E-state index contributed by atoms with van der Waals surface area (Å²) >= 11 is 0. The van der Waals surface area contributed by atoms with Crippen LogP contribution >= 0.6 is 0 Å². The van der Waals surface area contributed by atoms with E-state index in [4.69, 9.17) is 0 Å². The minimum atomic E-state index is -0.154. The summed E-state index contributed by atoms with van der Waals surface area (Å²) in [5.74, 6) is 0.252. The van der Waals surface area contributed by atoms with Gasteiger partial charge in [0.1, 0.15) is 6.33 Å². The lowest BCUT2D eigenvalue weighted by atomic mass is 9.98. The average Bonchev–Trinajstić information content (AvgIpc) is 3.01. The summed E-state index contributed by atoms with van der Waals surface area (Å²) < 4.78 is 1.72. The van der Waals surface area contributed by atoms with Crippen LogP contribution in [0.15, 0.2) is 24.7 Å². The summed E-state index contributed by atoms with van der Waals surface area (Å²) in [4.78, 5) is 25.6. The molecular formula is C15H19N5O2. The minimum Gasteiger partial charge on any atom is -0.352 e. The zero-order chi connectivity index (χ0) is 15.5. The highest BCUT2D eigenvalue weighted by molar-refractivity contribution is 5.99. The van der Waals surface area contributed by atoms with Crippen LogP contribution in [0.1, 0.15) is 30.1 Å². The smallest absolute Gasteiger partial charge is 0.255 e. The van der Waals surface area contributed by atoms with Gasteiger partial charge in [0.2, 0.25) is 5.91 Å². The molecule has 1 aliphatic heterocycles. The van der Waals surface area contributed by atoms with Gasteiger partial charge < -0.3 is 10.2 Å². The molecule has 1 N–H and O–H groups in total. The van der Waals surface area contributed by atoms with Crippen molar-refractivity contribution in [3.63, 3.8) is 0 Å². The summed E-state index contributed by atoms with van der Waals surface area (Å²) in [6.07, 6.45) is 5.38. The molecule has 2 aromatic rings. The number of carbonyl (C=O) groups excluding carboxylic acids is 2. The number of rotatable bonds is 3. The Morgan fingerprint density at radius 2 is 2.32 bits per heavy atom. The standard InChI is InChI=1S/C15H19N5O2/c1-11(21)19-6-2-4-12(9-19)8-16-15(22)13-5-3-7-20-10-17-18-14(13)20/h3,5,7,10,12H,2,4,6,8-9H2,1H3,(H,16,22). The highest BCUT2D eigenvalue weighted by Gasteiger charge is 2.22. The number of aromatic nitrogens is 3. The molecule has 0 radical (unpaired) electrons. The van der Waals surface area contributed by atoms with Gasteiger partial charge in [0, 0.05) is 32.8 Å². The summed E-state index contributed by atoms with van der Waals surface area (Å²) in [5.41, 5.74) is 1.06. The highest BCUT2D eigenvalue weighted by Crippen LogP contribution is 2.16. The first-order valence-electron chi connectivity index (χ1n) is 7.47. The number of pyridine rings is 1. The van der Waals surface area contributed by atoms with E-state index in [1.54, 1.807) is 36.0 Å². The van der Waals surface area contributed by atoms with Crippen molar-refractivity contribution in [2.45, 2.75) is 19.8 Å². The van der Waals surface area contributed by atoms with E-state index < -0.39 is 0 Å². The van der Waals surface area contributed by atoms with Crippen molar-refractivity contribution in [2.24, 2.45) is 5.92 Å². The topological polar surface area (TPSA) is 79.6 Å². The molecule has 7 nitrogen and oxygen atoms in total. The number of nitrogens with zero attached hydrogens (tertiary/aromatic N) is 4. The number of amides is 2. The Morgan fingerprint density at radius 1 is 1.45 bits per heavy atom. The van der Waals surface area contributed by atoms with Gasteiger partial charge in [0.25, 0.3) is 5.91 Å². The van der Waals surface area contributed by atoms with Gasteiger partial charge in [-0.25, -0.2) is 0 Å². The number of likely N-dealkylation sites (tertiary alicyclic amines) is 1. The Balaban J connectivity index is 1.63. The van der Waals surface area contributed by atoms with Crippen LogP contribution in [0.5, 0.6) is 0 Å². The van der Waals surface area contributed by atoms with Crippen LogP contribution in [0.2, 0.25) is 0 Å². The molecule has 1 unspecified atom stereocenters. The Bertz CT molecular complexity index is 696. The lowest BCUT2D eigenvalue weighted by Gasteiger charge is -2.32. The van der Waals surface area contributed by atoms with Crippen LogP contribution in [0, 0.1) is 5.92 Å². The molecular weight excluding hydrogens is 282 g/mol. The van der Waals surface area contributed by atoms with Crippen molar-refractivity contribution >= 4 is 17.5 Å². The van der Waals surface area contributed by atoms with Crippen LogP contribution in [0.3, 0.4) is 0 Å². The Hall–Kier alpha value is -2.44. The Kier molecular flexibility index (Phi) is 4.04. The first-order valence-corrected chi connectivity index (χ1v) is 7.47. The second-order valence-corrected chi connectivity index (χ2v) is 5.67. The first kappa shape index (κ1) is 14.5. The van der Waals surface area contributed by atoms with Gasteiger partial charge >= 0.3 is 0 Å². The molecule has 3 rings (SSSR count). The van der Waals surface area contributed by atoms with Crippen LogP contribution in [-0.4, -0.2) is 50.9 Å². The number of fused-ring (bicyclic) bond motifs is 1. The fraction of sp³-hybridized carbons (Fsp3) is 0.467. The van der Waals surface area contributed by atoms with E-state index in [-0.39, 0.29) is 11.8 Å². The van der Waals surface area contributed by atoms with Gasteiger partial charge in [-0.2, -0.15) is 0 Å². The molecule has 0 aromatic carbocycles. The molecule has 0 aliphatic carbocycles. The number of nitrogens with one attached hydrogen (secondary N) is 1. The van der Waals surface area contributed by atoms with Crippen molar-refractivity contribution in [3.8, 4) is 0 Å². The molecule has 0 saturated carbocycles. The molecule has 3 heterocycles. The maximum Gasteiger partial charge on any atom is 0.255 e. The third kappa shape index (κ3) is 2.93. The van der Waals surface area contributed by atoms with Crippen molar-refractivity contribution in [2.75, 3.05) is 19.6 Å². The van der Waals surface area contributed by atoms with E-state index in [1.807, 2.05) is 4.90 Å². The SMILES string of the molecule is CC(=O)N1CCCC(CNC(=O)c2cccn3cnnc23)C1. The van der Waals surface area contributed by atoms with Crippen LogP contribution in [-0.2, 0) is 4.79 Å². The minimum absolute atomic E-state index is 0.101. The molecule has 22 heavy (non-hydrogen) atoms. The molecule has 1 aliphatic rings. The third-order valence-corrected chi connectivity index (χ3v) is 4.08. The van der Waals surface area contributed by atoms with Gasteiger partial charge in [-0.15, -0.1) is 10.2 Å². The van der Waals surface area contributed by atoms with Gasteiger partial charge in [0.15, 0.2) is 5.65 Å². The van der Waals surface area contributed by atoms with E-state index in [1.165, 1.54) is 0 Å². The van der Waals surface area contributed by atoms with Crippen molar-refractivity contribution in [1.82, 2.24) is 24.8 Å². The van der Waals surface area contributed by atoms with E-state index >= 15 is 0 Å². The van der Waals surface area contributed by atoms with E-state index in [0.717, 1.165) is 19.4 Å². The Labute approximate surface area is 128 Å². The van der Waals surface area contributed by atoms with Gasteiger partial charge in [-0.05, 0) is 30.9 Å². The fourth-order valence-electron chi connectivity index (χ4n) is 2.88. The molecule has 1 fully saturated rings. The lowest BCUT2D eigenvalue weighted by Crippen LogP contribution is -2.42. The van der Waals surface area contributed by atoms with Crippen LogP contribution < -0.4 is 5.32 Å². The number of hydrogen-bond acceptors (Lipinski definition) is 4. The number of carbonyl (C=O) groups is 2. The van der Waals surface area contributed by atoms with Crippen molar-refractivity contribution in [1.29, 1.82) is 0 Å². The molecule has 2 aromatic heterocycles. The first-order chi connectivity index (χ1) is 10.6. The molecule has 0 bridgehead atoms. The average molecular weight is 301 g/mol. The normalized spacial score (nSPS) is 18.4. The molecule has 1 atom stereocenters. The van der Waals surface area contributed by atoms with Crippen LogP contribution in [0.4, 0.5) is 0 Å². The van der Waals surface area contributed by atoms with Gasteiger partial charge in [0.05, 0.1) is 5.56 Å². The van der Waals surface area contributed by atoms with E-state index in [0.29, 0.717) is 30.2 Å². The summed E-state index contributed by atoms with van der Waals surface area (Å²) in [6.45, 7) is 3.69. The van der Waals surface area contributed by atoms with Crippen molar-refractivity contribution < 1.29 is 9.59 Å². The van der Waals surface area contributed by atoms with Gasteiger partial charge in [-0.3, -0.25) is 14.0 Å². The molecule has 2 amide bonds.